The molecule has 0 atom stereocenters. The van der Waals surface area contributed by atoms with E-state index in [0.29, 0.717) is 0 Å². The summed E-state index contributed by atoms with van der Waals surface area (Å²) >= 11 is -0.0738. The van der Waals surface area contributed by atoms with E-state index in [2.05, 4.69) is 65.8 Å². The van der Waals surface area contributed by atoms with E-state index in [4.69, 9.17) is 0 Å². The first-order chi connectivity index (χ1) is 8.91. The van der Waals surface area contributed by atoms with E-state index in [1.807, 2.05) is 0 Å². The van der Waals surface area contributed by atoms with Gasteiger partial charge in [-0.1, -0.05) is 0 Å². The second-order valence-electron chi connectivity index (χ2n) is 5.32. The predicted octanol–water partition coefficient (Wildman–Crippen LogP) is 1.67. The summed E-state index contributed by atoms with van der Waals surface area (Å²) in [6.45, 7) is 13.4. The van der Waals surface area contributed by atoms with Crippen molar-refractivity contribution in [2.75, 3.05) is 0 Å². The summed E-state index contributed by atoms with van der Waals surface area (Å²) in [5, 5.41) is 0. The van der Waals surface area contributed by atoms with Crippen LogP contribution in [0.15, 0.2) is 24.3 Å². The second kappa shape index (κ2) is 5.66. The number of hydrogen-bond donors (Lipinski definition) is 0. The van der Waals surface area contributed by atoms with Gasteiger partial charge in [0.2, 0.25) is 0 Å². The number of aryl methyl sites for hydroxylation is 2. The number of hydrogen-bond acceptors (Lipinski definition) is 0. The van der Waals surface area contributed by atoms with Crippen LogP contribution >= 0.6 is 0 Å². The van der Waals surface area contributed by atoms with Gasteiger partial charge in [-0.3, -0.25) is 0 Å². The SMILES string of the molecule is Cc1ccc([I-]c2ccc(C)c(C)c2C)c(C)c1C. The van der Waals surface area contributed by atoms with Gasteiger partial charge in [-0.05, 0) is 0 Å². The first-order valence-corrected chi connectivity index (χ1v) is 8.86. The van der Waals surface area contributed by atoms with Gasteiger partial charge in [-0.2, -0.15) is 0 Å². The molecule has 19 heavy (non-hydrogen) atoms. The Morgan fingerprint density at radius 1 is 0.526 bits per heavy atom. The van der Waals surface area contributed by atoms with Gasteiger partial charge >= 0.3 is 128 Å². The third-order valence-electron chi connectivity index (χ3n) is 4.19. The Kier molecular flexibility index (Phi) is 4.34. The molecule has 0 fully saturated rings. The average Bonchev–Trinajstić information content (AvgIpc) is 2.39. The molecule has 0 radical (unpaired) electrons. The van der Waals surface area contributed by atoms with E-state index in [1.54, 1.807) is 7.14 Å². The fourth-order valence-corrected chi connectivity index (χ4v) is 5.12. The quantitative estimate of drug-likeness (QED) is 0.711. The summed E-state index contributed by atoms with van der Waals surface area (Å²) in [7, 11) is 0. The molecule has 0 saturated carbocycles. The molecule has 0 N–H and O–H groups in total. The standard InChI is InChI=1S/C18H22I/c1-11-7-9-17(15(5)13(11)3)19-18-10-8-12(2)14(4)16(18)6/h7-10H,1-6H3/q-1. The second-order valence-corrected chi connectivity index (χ2v) is 8.19. The summed E-state index contributed by atoms with van der Waals surface area (Å²) in [5.41, 5.74) is 8.71. The molecule has 0 spiro atoms. The van der Waals surface area contributed by atoms with Crippen LogP contribution < -0.4 is 21.2 Å². The Labute approximate surface area is 127 Å². The Balaban J connectivity index is 2.43. The van der Waals surface area contributed by atoms with Crippen molar-refractivity contribution in [3.8, 4) is 0 Å². The Morgan fingerprint density at radius 3 is 1.26 bits per heavy atom. The number of benzene rings is 2. The zero-order valence-electron chi connectivity index (χ0n) is 12.7. The molecule has 0 aliphatic heterocycles. The van der Waals surface area contributed by atoms with Crippen LogP contribution in [0.2, 0.25) is 0 Å². The zero-order valence-corrected chi connectivity index (χ0v) is 14.8. The van der Waals surface area contributed by atoms with Crippen LogP contribution in [0, 0.1) is 48.7 Å². The van der Waals surface area contributed by atoms with Gasteiger partial charge in [0.05, 0.1) is 0 Å². The third kappa shape index (κ3) is 2.86. The molecular weight excluding hydrogens is 343 g/mol. The van der Waals surface area contributed by atoms with Crippen molar-refractivity contribution in [3.05, 3.63) is 64.8 Å². The van der Waals surface area contributed by atoms with Crippen LogP contribution in [0.1, 0.15) is 33.4 Å². The van der Waals surface area contributed by atoms with Crippen LogP contribution in [0.4, 0.5) is 0 Å². The van der Waals surface area contributed by atoms with Crippen LogP contribution in [-0.2, 0) is 0 Å². The monoisotopic (exact) mass is 365 g/mol. The number of halogens is 1. The normalized spacial score (nSPS) is 11.1. The fraction of sp³-hybridized carbons (Fsp3) is 0.333. The molecule has 2 rings (SSSR count). The fourth-order valence-electron chi connectivity index (χ4n) is 2.16. The maximum atomic E-state index is 2.33. The Hall–Kier alpha value is -0.830. The molecule has 0 nitrogen and oxygen atoms in total. The summed E-state index contributed by atoms with van der Waals surface area (Å²) in [6, 6.07) is 9.21. The first kappa shape index (κ1) is 14.6. The molecule has 0 aliphatic carbocycles. The summed E-state index contributed by atoms with van der Waals surface area (Å²) in [4.78, 5) is 0. The molecule has 0 aliphatic rings. The van der Waals surface area contributed by atoms with Gasteiger partial charge in [-0.15, -0.1) is 0 Å². The summed E-state index contributed by atoms with van der Waals surface area (Å²) in [6.07, 6.45) is 0. The van der Waals surface area contributed by atoms with Crippen molar-refractivity contribution in [2.24, 2.45) is 0 Å². The van der Waals surface area contributed by atoms with Crippen LogP contribution in [0.25, 0.3) is 0 Å². The number of rotatable bonds is 2. The van der Waals surface area contributed by atoms with E-state index in [1.165, 1.54) is 33.4 Å². The van der Waals surface area contributed by atoms with Gasteiger partial charge in [0, 0.05) is 0 Å². The Morgan fingerprint density at radius 2 is 0.895 bits per heavy atom. The molecule has 0 bridgehead atoms. The molecule has 1 heteroatoms. The predicted molar refractivity (Wildman–Crippen MR) is 78.7 cm³/mol. The van der Waals surface area contributed by atoms with Gasteiger partial charge in [-0.25, -0.2) is 0 Å². The van der Waals surface area contributed by atoms with Crippen molar-refractivity contribution in [1.82, 2.24) is 0 Å². The molecular formula is C18H22I-. The molecule has 0 aromatic heterocycles. The van der Waals surface area contributed by atoms with Crippen molar-refractivity contribution in [2.45, 2.75) is 41.5 Å². The van der Waals surface area contributed by atoms with Crippen molar-refractivity contribution in [1.29, 1.82) is 0 Å². The minimum absolute atomic E-state index is 0.0738. The van der Waals surface area contributed by atoms with E-state index < -0.39 is 0 Å². The molecule has 102 valence electrons. The molecule has 0 amide bonds. The molecule has 0 saturated heterocycles. The van der Waals surface area contributed by atoms with Crippen molar-refractivity contribution in [3.63, 3.8) is 0 Å². The van der Waals surface area contributed by atoms with E-state index >= 15 is 0 Å². The van der Waals surface area contributed by atoms with Gasteiger partial charge in [0.1, 0.15) is 0 Å². The Bertz CT molecular complexity index is 569. The average molecular weight is 365 g/mol. The molecule has 0 unspecified atom stereocenters. The van der Waals surface area contributed by atoms with Crippen molar-refractivity contribution < 1.29 is 21.2 Å². The molecule has 0 heterocycles. The summed E-state index contributed by atoms with van der Waals surface area (Å²) in [5.74, 6) is 0. The van der Waals surface area contributed by atoms with Gasteiger partial charge in [0.25, 0.3) is 0 Å². The van der Waals surface area contributed by atoms with Crippen LogP contribution in [0.5, 0.6) is 0 Å². The zero-order chi connectivity index (χ0) is 14.2. The third-order valence-corrected chi connectivity index (χ3v) is 7.69. The molecule has 2 aromatic rings. The van der Waals surface area contributed by atoms with Crippen LogP contribution in [0.3, 0.4) is 0 Å². The molecule has 2 aromatic carbocycles. The van der Waals surface area contributed by atoms with E-state index in [9.17, 15) is 0 Å². The minimum atomic E-state index is -0.0738. The van der Waals surface area contributed by atoms with E-state index in [-0.39, 0.29) is 21.2 Å². The van der Waals surface area contributed by atoms with Crippen molar-refractivity contribution >= 4 is 0 Å². The van der Waals surface area contributed by atoms with E-state index in [0.717, 1.165) is 0 Å². The summed E-state index contributed by atoms with van der Waals surface area (Å²) < 4.78 is 3.13. The van der Waals surface area contributed by atoms with Crippen LogP contribution in [-0.4, -0.2) is 0 Å². The van der Waals surface area contributed by atoms with Gasteiger partial charge < -0.3 is 0 Å². The topological polar surface area (TPSA) is 0 Å². The maximum absolute atomic E-state index is 2.33. The van der Waals surface area contributed by atoms with Gasteiger partial charge in [0.15, 0.2) is 0 Å². The first-order valence-electron chi connectivity index (χ1n) is 6.70.